The van der Waals surface area contributed by atoms with Crippen LogP contribution >= 0.6 is 23.5 Å². The lowest BCUT2D eigenvalue weighted by Gasteiger charge is -2.36. The van der Waals surface area contributed by atoms with Gasteiger partial charge in [-0.1, -0.05) is 0 Å². The van der Waals surface area contributed by atoms with E-state index in [1.54, 1.807) is 0 Å². The predicted octanol–water partition coefficient (Wildman–Crippen LogP) is -0.496. The number of phosphoric acid groups is 3. The van der Waals surface area contributed by atoms with Gasteiger partial charge in [0.15, 0.2) is 0 Å². The predicted molar refractivity (Wildman–Crippen MR) is 97.3 cm³/mol. The fraction of sp³-hybridized carbons (Fsp3) is 0.636. The molecule has 0 amide bonds. The summed E-state index contributed by atoms with van der Waals surface area (Å²) in [5.74, 6) is 0. The Bertz CT molecular complexity index is 1020. The molecule has 5 atom stereocenters. The third kappa shape index (κ3) is 8.77. The Morgan fingerprint density at radius 3 is 2.16 bits per heavy atom. The molecule has 180 valence electrons. The second kappa shape index (κ2) is 10.3. The Balaban J connectivity index is 3.05. The lowest BCUT2D eigenvalue weighted by molar-refractivity contribution is -0.193. The maximum absolute atomic E-state index is 13.8. The minimum atomic E-state index is -5.81. The fourth-order valence-corrected chi connectivity index (χ4v) is 5.12. The molecule has 0 aliphatic rings. The van der Waals surface area contributed by atoms with Gasteiger partial charge in [-0.15, -0.1) is 0 Å². The van der Waals surface area contributed by atoms with Crippen LogP contribution in [0.2, 0.25) is 0 Å². The number of nitrogens with zero attached hydrogens (tertiary/aromatic N) is 1. The molecule has 0 bridgehead atoms. The van der Waals surface area contributed by atoms with Gasteiger partial charge < -0.3 is 29.4 Å². The molecule has 0 saturated carbocycles. The third-order valence-corrected chi connectivity index (χ3v) is 7.31. The minimum absolute atomic E-state index is 0.742. The lowest BCUT2D eigenvalue weighted by Crippen LogP contribution is -2.51. The molecule has 0 radical (unpaired) electrons. The first-order chi connectivity index (χ1) is 13.9. The smallest absolute Gasteiger partial charge is 0.390 e. The molecule has 16 nitrogen and oxygen atoms in total. The van der Waals surface area contributed by atoms with Crippen LogP contribution in [-0.2, 0) is 31.6 Å². The first kappa shape index (κ1) is 28.0. The topological polar surface area (TPSA) is 244 Å². The number of aromatic nitrogens is 2. The van der Waals surface area contributed by atoms with Gasteiger partial charge in [0.1, 0.15) is 18.5 Å². The molecule has 2 unspecified atom stereocenters. The highest BCUT2D eigenvalue weighted by molar-refractivity contribution is 7.66. The number of hydrogen-bond acceptors (Lipinski definition) is 10. The molecule has 0 saturated heterocycles. The number of halogens is 1. The van der Waals surface area contributed by atoms with Crippen LogP contribution in [0.15, 0.2) is 21.9 Å². The molecule has 1 rings (SSSR count). The SMILES string of the molecule is C[C@H](O)[C@@](CF)(COP(=O)(O)OP(=O)(O)OP(=O)(O)O)O[C@H](C)n1ccc(=O)[nH]c1=O. The number of ether oxygens (including phenoxy) is 1. The van der Waals surface area contributed by atoms with Crippen molar-refractivity contribution >= 4 is 23.5 Å². The van der Waals surface area contributed by atoms with Crippen LogP contribution in [0.3, 0.4) is 0 Å². The van der Waals surface area contributed by atoms with Gasteiger partial charge in [0, 0.05) is 12.3 Å². The molecule has 6 N–H and O–H groups in total. The summed E-state index contributed by atoms with van der Waals surface area (Å²) in [6.45, 7) is -0.712. The van der Waals surface area contributed by atoms with E-state index in [1.807, 2.05) is 4.98 Å². The van der Waals surface area contributed by atoms with Crippen molar-refractivity contribution in [1.82, 2.24) is 9.55 Å². The highest BCUT2D eigenvalue weighted by atomic mass is 31.3. The van der Waals surface area contributed by atoms with Crippen LogP contribution in [-0.4, -0.2) is 59.2 Å². The van der Waals surface area contributed by atoms with E-state index in [1.165, 1.54) is 6.92 Å². The molecule has 0 spiro atoms. The summed E-state index contributed by atoms with van der Waals surface area (Å²) in [6, 6.07) is 0.937. The van der Waals surface area contributed by atoms with Crippen molar-refractivity contribution in [3.8, 4) is 0 Å². The Kier molecular flexibility index (Phi) is 9.25. The van der Waals surface area contributed by atoms with Crippen molar-refractivity contribution in [3.63, 3.8) is 0 Å². The first-order valence-corrected chi connectivity index (χ1v) is 12.5. The number of rotatable bonds is 12. The molecule has 1 aromatic rings. The van der Waals surface area contributed by atoms with Gasteiger partial charge >= 0.3 is 29.2 Å². The van der Waals surface area contributed by atoms with Gasteiger partial charge in [0.2, 0.25) is 0 Å². The van der Waals surface area contributed by atoms with Crippen molar-refractivity contribution in [2.45, 2.75) is 31.8 Å². The zero-order valence-electron chi connectivity index (χ0n) is 15.8. The summed E-state index contributed by atoms with van der Waals surface area (Å²) in [6.07, 6.45) is -2.16. The van der Waals surface area contributed by atoms with E-state index in [9.17, 15) is 37.7 Å². The van der Waals surface area contributed by atoms with Crippen molar-refractivity contribution in [2.24, 2.45) is 0 Å². The number of phosphoric ester groups is 1. The van der Waals surface area contributed by atoms with E-state index < -0.39 is 65.9 Å². The van der Waals surface area contributed by atoms with Gasteiger partial charge in [-0.3, -0.25) is 18.9 Å². The van der Waals surface area contributed by atoms with E-state index in [0.717, 1.165) is 23.8 Å². The van der Waals surface area contributed by atoms with Crippen LogP contribution in [0.4, 0.5) is 4.39 Å². The summed E-state index contributed by atoms with van der Waals surface area (Å²) < 4.78 is 65.0. The molecular formula is C11H20FN2O14P3. The molecule has 31 heavy (non-hydrogen) atoms. The van der Waals surface area contributed by atoms with Crippen LogP contribution in [0.1, 0.15) is 20.1 Å². The molecule has 0 fully saturated rings. The molecule has 1 heterocycles. The van der Waals surface area contributed by atoms with Crippen LogP contribution in [0.5, 0.6) is 0 Å². The summed E-state index contributed by atoms with van der Waals surface area (Å²) in [7, 11) is -17.1. The van der Waals surface area contributed by atoms with E-state index in [-0.39, 0.29) is 0 Å². The minimum Gasteiger partial charge on any atom is -0.390 e. The maximum atomic E-state index is 13.8. The Morgan fingerprint density at radius 1 is 1.13 bits per heavy atom. The quantitative estimate of drug-likeness (QED) is 0.192. The molecule has 20 heteroatoms. The number of aliphatic hydroxyl groups excluding tert-OH is 1. The highest BCUT2D eigenvalue weighted by Crippen LogP contribution is 2.66. The summed E-state index contributed by atoms with van der Waals surface area (Å²) in [5.41, 5.74) is -4.15. The van der Waals surface area contributed by atoms with E-state index in [2.05, 4.69) is 13.1 Å². The van der Waals surface area contributed by atoms with Gasteiger partial charge in [-0.05, 0) is 13.8 Å². The number of alkyl halides is 1. The van der Waals surface area contributed by atoms with Gasteiger partial charge in [-0.25, -0.2) is 22.9 Å². The van der Waals surface area contributed by atoms with E-state index in [0.29, 0.717) is 0 Å². The molecule has 0 aliphatic heterocycles. The average molecular weight is 516 g/mol. The van der Waals surface area contributed by atoms with Gasteiger partial charge in [-0.2, -0.15) is 8.62 Å². The molecule has 1 aromatic heterocycles. The van der Waals surface area contributed by atoms with E-state index in [4.69, 9.17) is 19.4 Å². The highest BCUT2D eigenvalue weighted by Gasteiger charge is 2.45. The standard InChI is InChI=1S/C11H20FN2O14P3/c1-7(15)11(5-12,26-8(2)14-4-3-9(16)13-10(14)17)6-25-30(21,22)28-31(23,24)27-29(18,19)20/h3-4,7-8,15H,5-6H2,1-2H3,(H,21,22)(H,23,24)(H,13,16,17)(H2,18,19,20)/t7-,8+,11+/m0/s1. The van der Waals surface area contributed by atoms with Crippen molar-refractivity contribution in [2.75, 3.05) is 13.3 Å². The Labute approximate surface area is 172 Å². The first-order valence-electron chi connectivity index (χ1n) is 7.94. The van der Waals surface area contributed by atoms with E-state index >= 15 is 0 Å². The second-order valence-corrected chi connectivity index (χ2v) is 10.4. The van der Waals surface area contributed by atoms with Crippen LogP contribution in [0.25, 0.3) is 0 Å². The Hall–Kier alpha value is -1.06. The van der Waals surface area contributed by atoms with Crippen molar-refractivity contribution in [3.05, 3.63) is 33.1 Å². The molecule has 0 aromatic carbocycles. The number of aromatic amines is 1. The maximum Gasteiger partial charge on any atom is 0.490 e. The normalized spacial score (nSPS) is 20.3. The lowest BCUT2D eigenvalue weighted by atomic mass is 10.0. The fourth-order valence-electron chi connectivity index (χ4n) is 2.04. The number of aliphatic hydroxyl groups is 1. The monoisotopic (exact) mass is 516 g/mol. The number of nitrogens with one attached hydrogen (secondary N) is 1. The zero-order valence-corrected chi connectivity index (χ0v) is 18.5. The van der Waals surface area contributed by atoms with Gasteiger partial charge in [0.05, 0.1) is 12.7 Å². The number of hydrogen-bond donors (Lipinski definition) is 6. The van der Waals surface area contributed by atoms with Crippen LogP contribution in [0, 0.1) is 0 Å². The zero-order chi connectivity index (χ0) is 24.3. The van der Waals surface area contributed by atoms with Crippen LogP contribution < -0.4 is 11.2 Å². The van der Waals surface area contributed by atoms with Crippen molar-refractivity contribution < 1.29 is 60.6 Å². The summed E-state index contributed by atoms with van der Waals surface area (Å²) >= 11 is 0. The molecular weight excluding hydrogens is 496 g/mol. The average Bonchev–Trinajstić information content (AvgIpc) is 2.54. The third-order valence-electron chi connectivity index (χ3n) is 3.52. The molecule has 0 aliphatic carbocycles. The number of H-pyrrole nitrogens is 1. The summed E-state index contributed by atoms with van der Waals surface area (Å²) in [4.78, 5) is 60.4. The largest absolute Gasteiger partial charge is 0.490 e. The van der Waals surface area contributed by atoms with Gasteiger partial charge in [0.25, 0.3) is 5.56 Å². The Morgan fingerprint density at radius 2 is 1.71 bits per heavy atom. The second-order valence-electron chi connectivity index (χ2n) is 5.97. The van der Waals surface area contributed by atoms with Crippen molar-refractivity contribution in [1.29, 1.82) is 0 Å². The summed E-state index contributed by atoms with van der Waals surface area (Å²) in [5, 5.41) is 9.92.